The van der Waals surface area contributed by atoms with Crippen LogP contribution < -0.4 is 11.5 Å². The van der Waals surface area contributed by atoms with Crippen LogP contribution in [0.5, 0.6) is 0 Å². The van der Waals surface area contributed by atoms with Gasteiger partial charge < -0.3 is 21.3 Å². The standard InChI is InChI=1S/2C22H43NO6S/c1-2-3-4-5-6-7-8-9-10-11-12-13-14-15-16-17-18-22(21(25)26,19-20(23)24)30(27,28)29;1-2-3-4-5-6-7-8-9-10-11-12-13-14-15-16-17-18-29-22(25)20(19-21(23)24)30(26,27)28/h2-19H2,1H3,(H2,23,24)(H,25,26)(H,27,28,29);20H,2-19H2,1H3,(H2,23,24)(H,26,27,28). The van der Waals surface area contributed by atoms with Gasteiger partial charge in [-0.25, -0.2) is 0 Å². The van der Waals surface area contributed by atoms with E-state index in [1.165, 1.54) is 148 Å². The van der Waals surface area contributed by atoms with Crippen molar-refractivity contribution in [2.75, 3.05) is 6.61 Å². The van der Waals surface area contributed by atoms with E-state index in [0.717, 1.165) is 38.5 Å². The van der Waals surface area contributed by atoms with Crippen molar-refractivity contribution < 1.29 is 55.0 Å². The summed E-state index contributed by atoms with van der Waals surface area (Å²) in [5.74, 6) is -4.91. The smallest absolute Gasteiger partial charge is 0.328 e. The molecule has 2 unspecified atom stereocenters. The minimum absolute atomic E-state index is 0.0715. The van der Waals surface area contributed by atoms with Crippen LogP contribution in [0.1, 0.15) is 239 Å². The topological polar surface area (TPSA) is 259 Å². The third-order valence-electron chi connectivity index (χ3n) is 11.0. The molecule has 7 N–H and O–H groups in total. The number of ether oxygens (including phenoxy) is 1. The van der Waals surface area contributed by atoms with Crippen molar-refractivity contribution in [3.8, 4) is 0 Å². The third kappa shape index (κ3) is 34.3. The second-order valence-corrected chi connectivity index (χ2v) is 19.9. The van der Waals surface area contributed by atoms with E-state index in [-0.39, 0.29) is 13.0 Å². The number of hydrogen-bond donors (Lipinski definition) is 5. The number of unbranched alkanes of at least 4 members (excludes halogenated alkanes) is 30. The Morgan fingerprint density at radius 2 is 0.800 bits per heavy atom. The highest BCUT2D eigenvalue weighted by atomic mass is 32.2. The second kappa shape index (κ2) is 38.4. The zero-order chi connectivity index (χ0) is 45.5. The van der Waals surface area contributed by atoms with E-state index in [1.54, 1.807) is 0 Å². The van der Waals surface area contributed by atoms with Gasteiger partial charge in [-0.15, -0.1) is 0 Å². The summed E-state index contributed by atoms with van der Waals surface area (Å²) in [6.07, 6.45) is 36.1. The number of aliphatic carboxylic acids is 1. The summed E-state index contributed by atoms with van der Waals surface area (Å²) >= 11 is 0. The van der Waals surface area contributed by atoms with E-state index in [9.17, 15) is 45.7 Å². The van der Waals surface area contributed by atoms with Gasteiger partial charge in [-0.05, 0) is 12.8 Å². The van der Waals surface area contributed by atoms with E-state index < -0.39 is 66.8 Å². The van der Waals surface area contributed by atoms with Gasteiger partial charge >= 0.3 is 11.9 Å². The van der Waals surface area contributed by atoms with Crippen molar-refractivity contribution in [3.05, 3.63) is 0 Å². The number of rotatable bonds is 42. The molecule has 0 aromatic carbocycles. The maximum atomic E-state index is 11.7. The Balaban J connectivity index is 0. The van der Waals surface area contributed by atoms with Crippen LogP contribution in [0.25, 0.3) is 0 Å². The molecule has 0 rings (SSSR count). The van der Waals surface area contributed by atoms with Gasteiger partial charge in [0.25, 0.3) is 20.2 Å². The van der Waals surface area contributed by atoms with Crippen LogP contribution in [0.4, 0.5) is 0 Å². The first-order chi connectivity index (χ1) is 28.5. The first kappa shape index (κ1) is 59.8. The Labute approximate surface area is 364 Å². The van der Waals surface area contributed by atoms with Crippen molar-refractivity contribution in [1.82, 2.24) is 0 Å². The number of nitrogens with two attached hydrogens (primary N) is 2. The van der Waals surface area contributed by atoms with Crippen LogP contribution in [0, 0.1) is 0 Å². The average Bonchev–Trinajstić information content (AvgIpc) is 3.16. The minimum Gasteiger partial charge on any atom is -0.480 e. The van der Waals surface area contributed by atoms with Crippen LogP contribution in [0.15, 0.2) is 0 Å². The van der Waals surface area contributed by atoms with E-state index >= 15 is 0 Å². The fraction of sp³-hybridized carbons (Fsp3) is 0.909. The Kier molecular flexibility index (Phi) is 38.2. The van der Waals surface area contributed by atoms with Gasteiger partial charge in [0.1, 0.15) is 0 Å². The molecule has 0 heterocycles. The second-order valence-electron chi connectivity index (χ2n) is 16.6. The predicted molar refractivity (Wildman–Crippen MR) is 240 cm³/mol. The molecule has 0 spiro atoms. The van der Waals surface area contributed by atoms with Crippen molar-refractivity contribution in [2.24, 2.45) is 11.5 Å². The fourth-order valence-corrected chi connectivity index (χ4v) is 8.88. The lowest BCUT2D eigenvalue weighted by Crippen LogP contribution is -2.49. The monoisotopic (exact) mass is 899 g/mol. The molecule has 0 radical (unpaired) electrons. The zero-order valence-electron chi connectivity index (χ0n) is 37.5. The summed E-state index contributed by atoms with van der Waals surface area (Å²) in [6.45, 7) is 4.56. The largest absolute Gasteiger partial charge is 0.480 e. The Morgan fingerprint density at radius 3 is 1.05 bits per heavy atom. The third-order valence-corrected chi connectivity index (χ3v) is 13.6. The fourth-order valence-electron chi connectivity index (χ4n) is 7.25. The summed E-state index contributed by atoms with van der Waals surface area (Å²) in [7, 11) is -9.65. The van der Waals surface area contributed by atoms with Crippen molar-refractivity contribution in [2.45, 2.75) is 249 Å². The van der Waals surface area contributed by atoms with Gasteiger partial charge in [-0.3, -0.25) is 28.3 Å². The molecule has 0 saturated heterocycles. The normalized spacial score (nSPS) is 13.2. The van der Waals surface area contributed by atoms with Gasteiger partial charge in [0.15, 0.2) is 5.25 Å². The zero-order valence-corrected chi connectivity index (χ0v) is 39.2. The number of carbonyl (C=O) groups is 4. The van der Waals surface area contributed by atoms with E-state index in [4.69, 9.17) is 20.8 Å². The molecule has 2 amide bonds. The summed E-state index contributed by atoms with van der Waals surface area (Å²) in [5.41, 5.74) is 9.90. The number of amides is 2. The van der Waals surface area contributed by atoms with Crippen molar-refractivity contribution in [1.29, 1.82) is 0 Å². The van der Waals surface area contributed by atoms with Crippen LogP contribution in [0.2, 0.25) is 0 Å². The molecule has 16 heteroatoms. The van der Waals surface area contributed by atoms with E-state index in [0.29, 0.717) is 19.3 Å². The SMILES string of the molecule is CCCCCCCCCCCCCCCCCCC(CC(N)=O)(C(=O)O)S(=O)(=O)O.CCCCCCCCCCCCCCCCCCOC(=O)C(CC(N)=O)S(=O)(=O)O. The van der Waals surface area contributed by atoms with E-state index in [1.807, 2.05) is 0 Å². The first-order valence-corrected chi connectivity index (χ1v) is 26.3. The predicted octanol–water partition coefficient (Wildman–Crippen LogP) is 10.1. The highest BCUT2D eigenvalue weighted by Gasteiger charge is 2.51. The number of carboxylic acids is 1. The highest BCUT2D eigenvalue weighted by molar-refractivity contribution is 7.88. The molecule has 0 aromatic heterocycles. The maximum Gasteiger partial charge on any atom is 0.328 e. The Bertz CT molecular complexity index is 1330. The number of hydrogen-bond acceptors (Lipinski definition) is 9. The summed E-state index contributed by atoms with van der Waals surface area (Å²) in [4.78, 5) is 45.1. The quantitative estimate of drug-likeness (QED) is 0.0218. The molecule has 60 heavy (non-hydrogen) atoms. The minimum atomic E-state index is -4.94. The number of carboxylic acid groups (broad SMARTS) is 1. The molecule has 0 fully saturated rings. The molecule has 0 bridgehead atoms. The number of primary amides is 2. The summed E-state index contributed by atoms with van der Waals surface area (Å²) in [5, 5.41) is 7.35. The van der Waals surface area contributed by atoms with Gasteiger partial charge in [-0.1, -0.05) is 213 Å². The summed E-state index contributed by atoms with van der Waals surface area (Å²) < 4.78 is 66.1. The molecule has 0 aliphatic rings. The molecule has 0 saturated carbocycles. The molecule has 356 valence electrons. The molecule has 0 aromatic rings. The van der Waals surface area contributed by atoms with Gasteiger partial charge in [0.2, 0.25) is 16.6 Å². The lowest BCUT2D eigenvalue weighted by molar-refractivity contribution is -0.144. The highest BCUT2D eigenvalue weighted by Crippen LogP contribution is 2.29. The molecular formula is C44H86N2O12S2. The number of esters is 1. The number of carbonyl (C=O) groups excluding carboxylic acids is 3. The van der Waals surface area contributed by atoms with Crippen molar-refractivity contribution in [3.63, 3.8) is 0 Å². The average molecular weight is 899 g/mol. The summed E-state index contributed by atoms with van der Waals surface area (Å²) in [6, 6.07) is 0. The van der Waals surface area contributed by atoms with Gasteiger partial charge in [-0.2, -0.15) is 16.8 Å². The van der Waals surface area contributed by atoms with Gasteiger partial charge in [0.05, 0.1) is 19.4 Å². The molecule has 0 aliphatic heterocycles. The van der Waals surface area contributed by atoms with E-state index in [2.05, 4.69) is 13.8 Å². The Hall–Kier alpha value is -2.30. The molecule has 14 nitrogen and oxygen atoms in total. The van der Waals surface area contributed by atoms with Crippen LogP contribution in [-0.2, 0) is 44.2 Å². The van der Waals surface area contributed by atoms with Crippen LogP contribution >= 0.6 is 0 Å². The molecular weight excluding hydrogens is 813 g/mol. The Morgan fingerprint density at radius 1 is 0.500 bits per heavy atom. The molecule has 2 atom stereocenters. The van der Waals surface area contributed by atoms with Crippen molar-refractivity contribution >= 4 is 44.0 Å². The van der Waals surface area contributed by atoms with Crippen LogP contribution in [-0.4, -0.2) is 71.4 Å². The van der Waals surface area contributed by atoms with Crippen LogP contribution in [0.3, 0.4) is 0 Å². The lowest BCUT2D eigenvalue weighted by Gasteiger charge is -2.24. The van der Waals surface area contributed by atoms with Gasteiger partial charge in [0, 0.05) is 0 Å². The maximum absolute atomic E-state index is 11.7. The first-order valence-electron chi connectivity index (χ1n) is 23.4. The molecule has 0 aliphatic carbocycles. The lowest BCUT2D eigenvalue weighted by atomic mass is 9.95.